The van der Waals surface area contributed by atoms with Crippen LogP contribution in [0.2, 0.25) is 0 Å². The summed E-state index contributed by atoms with van der Waals surface area (Å²) in [6.45, 7) is 0. The summed E-state index contributed by atoms with van der Waals surface area (Å²) in [5.41, 5.74) is 0.700. The van der Waals surface area contributed by atoms with E-state index in [4.69, 9.17) is 0 Å². The molecule has 0 bridgehead atoms. The molecule has 146 valence electrons. The van der Waals surface area contributed by atoms with Crippen molar-refractivity contribution in [3.63, 3.8) is 0 Å². The molecule has 2 amide bonds. The van der Waals surface area contributed by atoms with Crippen LogP contribution in [0.4, 0.5) is 29.5 Å². The van der Waals surface area contributed by atoms with E-state index in [1.807, 2.05) is 6.07 Å². The number of fused-ring (bicyclic) bond motifs is 1. The van der Waals surface area contributed by atoms with Crippen LogP contribution in [0.3, 0.4) is 0 Å². The lowest BCUT2D eigenvalue weighted by Crippen LogP contribution is -2.20. The third-order valence-electron chi connectivity index (χ3n) is 4.15. The van der Waals surface area contributed by atoms with Crippen molar-refractivity contribution >= 4 is 23.3 Å². The Kier molecular flexibility index (Phi) is 4.63. The summed E-state index contributed by atoms with van der Waals surface area (Å²) >= 11 is 0. The minimum Gasteiger partial charge on any atom is -0.308 e. The van der Waals surface area contributed by atoms with Gasteiger partial charge in [0.15, 0.2) is 5.82 Å². The van der Waals surface area contributed by atoms with Crippen LogP contribution < -0.4 is 10.6 Å². The number of amides is 2. The number of nitrogens with zero attached hydrogens (tertiary/aromatic N) is 3. The number of aromatic nitrogens is 3. The van der Waals surface area contributed by atoms with E-state index in [0.29, 0.717) is 22.7 Å². The molecular weight excluding hydrogens is 383 g/mol. The Morgan fingerprint density at radius 3 is 2.34 bits per heavy atom. The number of hydrogen-bond donors (Lipinski definition) is 2. The maximum absolute atomic E-state index is 12.9. The van der Waals surface area contributed by atoms with Gasteiger partial charge < -0.3 is 5.32 Å². The molecule has 0 saturated heterocycles. The number of benzene rings is 2. The lowest BCUT2D eigenvalue weighted by atomic mass is 10.1. The number of halogens is 3. The number of imidazole rings is 1. The average molecular weight is 397 g/mol. The first kappa shape index (κ1) is 18.5. The normalized spacial score (nSPS) is 11.4. The van der Waals surface area contributed by atoms with Crippen molar-refractivity contribution < 1.29 is 18.0 Å². The smallest absolute Gasteiger partial charge is 0.308 e. The number of carbonyl (C=O) groups excluding carboxylic acids is 1. The van der Waals surface area contributed by atoms with Gasteiger partial charge in [-0.2, -0.15) is 18.2 Å². The first-order chi connectivity index (χ1) is 13.9. The second-order valence-electron chi connectivity index (χ2n) is 6.12. The molecule has 6 nitrogen and oxygen atoms in total. The first-order valence-electron chi connectivity index (χ1n) is 8.55. The van der Waals surface area contributed by atoms with Crippen LogP contribution in [-0.2, 0) is 6.18 Å². The number of rotatable bonds is 3. The Balaban J connectivity index is 1.70. The molecule has 4 rings (SSSR count). The molecule has 0 saturated carbocycles. The lowest BCUT2D eigenvalue weighted by molar-refractivity contribution is -0.137. The van der Waals surface area contributed by atoms with Crippen LogP contribution in [-0.4, -0.2) is 20.4 Å². The summed E-state index contributed by atoms with van der Waals surface area (Å²) in [5.74, 6) is 0.481. The summed E-state index contributed by atoms with van der Waals surface area (Å²) in [7, 11) is 0. The van der Waals surface area contributed by atoms with Gasteiger partial charge in [0.05, 0.1) is 11.3 Å². The van der Waals surface area contributed by atoms with E-state index >= 15 is 0 Å². The highest BCUT2D eigenvalue weighted by Crippen LogP contribution is 2.33. The molecule has 2 N–H and O–H groups in total. The van der Waals surface area contributed by atoms with Crippen molar-refractivity contribution in [1.29, 1.82) is 0 Å². The molecule has 0 unspecified atom stereocenters. The summed E-state index contributed by atoms with van der Waals surface area (Å²) in [6.07, 6.45) is -1.23. The maximum Gasteiger partial charge on any atom is 0.416 e. The molecular formula is C20H14F3N5O. The number of hydrogen-bond acceptors (Lipinski definition) is 3. The summed E-state index contributed by atoms with van der Waals surface area (Å²) in [6, 6.07) is 14.6. The topological polar surface area (TPSA) is 71.3 Å². The zero-order chi connectivity index (χ0) is 20.4. The number of para-hydroxylation sites is 1. The van der Waals surface area contributed by atoms with Crippen LogP contribution in [0.25, 0.3) is 17.0 Å². The SMILES string of the molecule is O=C(Nc1ccccc1)Nc1nc2ncccn2c1-c1ccc(C(F)(F)F)cc1. The van der Waals surface area contributed by atoms with Crippen molar-refractivity contribution in [1.82, 2.24) is 14.4 Å². The van der Waals surface area contributed by atoms with Gasteiger partial charge in [0.25, 0.3) is 0 Å². The third kappa shape index (κ3) is 3.88. The molecule has 2 aromatic carbocycles. The minimum atomic E-state index is -4.43. The van der Waals surface area contributed by atoms with Gasteiger partial charge in [-0.3, -0.25) is 9.72 Å². The lowest BCUT2D eigenvalue weighted by Gasteiger charge is -2.10. The molecule has 0 aliphatic heterocycles. The van der Waals surface area contributed by atoms with E-state index in [9.17, 15) is 18.0 Å². The fraction of sp³-hybridized carbons (Fsp3) is 0.0500. The third-order valence-corrected chi connectivity index (χ3v) is 4.15. The summed E-state index contributed by atoms with van der Waals surface area (Å²) < 4.78 is 40.2. The Labute approximate surface area is 163 Å². The molecule has 0 aliphatic rings. The monoisotopic (exact) mass is 397 g/mol. The molecule has 0 aliphatic carbocycles. The number of carbonyl (C=O) groups is 1. The Bertz CT molecular complexity index is 1150. The Morgan fingerprint density at radius 2 is 1.66 bits per heavy atom. The van der Waals surface area contributed by atoms with Crippen molar-refractivity contribution in [2.24, 2.45) is 0 Å². The summed E-state index contributed by atoms with van der Waals surface area (Å²) in [4.78, 5) is 20.8. The van der Waals surface area contributed by atoms with Crippen LogP contribution in [0, 0.1) is 0 Å². The predicted octanol–water partition coefficient (Wildman–Crippen LogP) is 5.06. The molecule has 2 heterocycles. The zero-order valence-corrected chi connectivity index (χ0v) is 14.8. The van der Waals surface area contributed by atoms with Gasteiger partial charge in [-0.25, -0.2) is 9.78 Å². The van der Waals surface area contributed by atoms with Gasteiger partial charge in [0.2, 0.25) is 5.78 Å². The molecule has 4 aromatic rings. The molecule has 0 fully saturated rings. The highest BCUT2D eigenvalue weighted by Gasteiger charge is 2.30. The van der Waals surface area contributed by atoms with Gasteiger partial charge in [-0.05, 0) is 30.3 Å². The van der Waals surface area contributed by atoms with Gasteiger partial charge in [0, 0.05) is 23.6 Å². The van der Waals surface area contributed by atoms with Crippen molar-refractivity contribution in [3.8, 4) is 11.3 Å². The largest absolute Gasteiger partial charge is 0.416 e. The molecule has 2 aromatic heterocycles. The minimum absolute atomic E-state index is 0.178. The second kappa shape index (κ2) is 7.27. The van der Waals surface area contributed by atoms with E-state index < -0.39 is 17.8 Å². The molecule has 29 heavy (non-hydrogen) atoms. The van der Waals surface area contributed by atoms with Crippen LogP contribution in [0.15, 0.2) is 73.1 Å². The van der Waals surface area contributed by atoms with Crippen molar-refractivity contribution in [3.05, 3.63) is 78.6 Å². The van der Waals surface area contributed by atoms with Crippen LogP contribution >= 0.6 is 0 Å². The Morgan fingerprint density at radius 1 is 0.931 bits per heavy atom. The van der Waals surface area contributed by atoms with E-state index in [-0.39, 0.29) is 5.82 Å². The van der Waals surface area contributed by atoms with Gasteiger partial charge in [-0.1, -0.05) is 30.3 Å². The van der Waals surface area contributed by atoms with Crippen LogP contribution in [0.5, 0.6) is 0 Å². The van der Waals surface area contributed by atoms with Gasteiger partial charge >= 0.3 is 12.2 Å². The average Bonchev–Trinajstić information content (AvgIpc) is 3.05. The molecule has 9 heteroatoms. The molecule has 0 spiro atoms. The fourth-order valence-electron chi connectivity index (χ4n) is 2.86. The predicted molar refractivity (Wildman–Crippen MR) is 103 cm³/mol. The van der Waals surface area contributed by atoms with Crippen molar-refractivity contribution in [2.75, 3.05) is 10.6 Å². The number of nitrogens with one attached hydrogen (secondary N) is 2. The van der Waals surface area contributed by atoms with Gasteiger partial charge in [0.1, 0.15) is 0 Å². The quantitative estimate of drug-likeness (QED) is 0.508. The summed E-state index contributed by atoms with van der Waals surface area (Å²) in [5, 5.41) is 5.32. The first-order valence-corrected chi connectivity index (χ1v) is 8.55. The van der Waals surface area contributed by atoms with E-state index in [0.717, 1.165) is 12.1 Å². The highest BCUT2D eigenvalue weighted by molar-refractivity contribution is 6.01. The maximum atomic E-state index is 12.9. The van der Waals surface area contributed by atoms with Crippen molar-refractivity contribution in [2.45, 2.75) is 6.18 Å². The fourth-order valence-corrected chi connectivity index (χ4v) is 2.86. The number of urea groups is 1. The van der Waals surface area contributed by atoms with Gasteiger partial charge in [-0.15, -0.1) is 0 Å². The number of anilines is 2. The van der Waals surface area contributed by atoms with Crippen LogP contribution in [0.1, 0.15) is 5.56 Å². The number of alkyl halides is 3. The molecule has 0 atom stereocenters. The molecule has 0 radical (unpaired) electrons. The highest BCUT2D eigenvalue weighted by atomic mass is 19.4. The Hall–Kier alpha value is -3.88. The second-order valence-corrected chi connectivity index (χ2v) is 6.12. The zero-order valence-electron chi connectivity index (χ0n) is 14.8. The van der Waals surface area contributed by atoms with E-state index in [1.165, 1.54) is 18.3 Å². The van der Waals surface area contributed by atoms with E-state index in [2.05, 4.69) is 20.6 Å². The standard InChI is InChI=1S/C20H14F3N5O/c21-20(22,23)14-9-7-13(8-10-14)16-17(26-18-24-11-4-12-28(16)18)27-19(29)25-15-5-2-1-3-6-15/h1-12H,(H2,25,27,29). The van der Waals surface area contributed by atoms with E-state index in [1.54, 1.807) is 40.9 Å².